The normalized spacial score (nSPS) is 17.0. The van der Waals surface area contributed by atoms with Crippen LogP contribution in [0.2, 0.25) is 0 Å². The standard InChI is InChI=1S/C34H46IN3O9/c1-21(2)45-28-15-14-24(35)16-23(28)17-26(37-31(41)47-33(3,4)5)29(39)36-27(30(40)43-8)18-25-19-38(34(6,7)46-25)32(42)44-20-22-12-10-9-11-13-22/h9-16,21,25-27H,17-20H2,1-8H3,(H,36,39)(H,37,41)/t25-,26+,27+/m1/s1. The van der Waals surface area contributed by atoms with Gasteiger partial charge in [0.25, 0.3) is 0 Å². The van der Waals surface area contributed by atoms with Gasteiger partial charge >= 0.3 is 18.2 Å². The summed E-state index contributed by atoms with van der Waals surface area (Å²) in [7, 11) is 1.21. The molecular formula is C34H46IN3O9. The highest BCUT2D eigenvalue weighted by atomic mass is 127. The molecule has 13 heteroatoms. The number of carbonyl (C=O) groups is 4. The molecule has 2 aromatic carbocycles. The zero-order chi connectivity index (χ0) is 34.9. The molecule has 0 aliphatic carbocycles. The second-order valence-corrected chi connectivity index (χ2v) is 14.2. The van der Waals surface area contributed by atoms with Crippen LogP contribution in [0.3, 0.4) is 0 Å². The lowest BCUT2D eigenvalue weighted by molar-refractivity contribution is -0.147. The van der Waals surface area contributed by atoms with Crippen LogP contribution in [0.15, 0.2) is 48.5 Å². The molecule has 0 unspecified atom stereocenters. The maximum absolute atomic E-state index is 13.8. The molecule has 3 atom stereocenters. The van der Waals surface area contributed by atoms with Gasteiger partial charge in [0, 0.05) is 16.4 Å². The summed E-state index contributed by atoms with van der Waals surface area (Å²) in [6, 6.07) is 12.6. The monoisotopic (exact) mass is 767 g/mol. The summed E-state index contributed by atoms with van der Waals surface area (Å²) in [5.74, 6) is -0.787. The fourth-order valence-corrected chi connectivity index (χ4v) is 5.55. The van der Waals surface area contributed by atoms with Crippen LogP contribution in [-0.2, 0) is 41.6 Å². The average molecular weight is 768 g/mol. The number of alkyl carbamates (subject to hydrolysis) is 1. The van der Waals surface area contributed by atoms with Crippen molar-refractivity contribution in [3.05, 3.63) is 63.2 Å². The molecule has 1 saturated heterocycles. The molecule has 1 aliphatic rings. The molecule has 3 amide bonds. The lowest BCUT2D eigenvalue weighted by Crippen LogP contribution is -2.54. The minimum absolute atomic E-state index is 0.00554. The van der Waals surface area contributed by atoms with E-state index in [1.54, 1.807) is 34.6 Å². The van der Waals surface area contributed by atoms with Gasteiger partial charge in [-0.15, -0.1) is 0 Å². The predicted octanol–water partition coefficient (Wildman–Crippen LogP) is 5.34. The number of carbonyl (C=O) groups excluding carboxylic acids is 4. The number of nitrogens with one attached hydrogen (secondary N) is 2. The van der Waals surface area contributed by atoms with E-state index in [4.69, 9.17) is 23.7 Å². The highest BCUT2D eigenvalue weighted by Gasteiger charge is 2.45. The first-order valence-corrected chi connectivity index (χ1v) is 16.5. The summed E-state index contributed by atoms with van der Waals surface area (Å²) in [5.41, 5.74) is -0.330. The summed E-state index contributed by atoms with van der Waals surface area (Å²) in [4.78, 5) is 54.1. The largest absolute Gasteiger partial charge is 0.491 e. The van der Waals surface area contributed by atoms with E-state index < -0.39 is 53.6 Å². The van der Waals surface area contributed by atoms with Crippen molar-refractivity contribution < 1.29 is 42.9 Å². The van der Waals surface area contributed by atoms with E-state index in [9.17, 15) is 19.2 Å². The summed E-state index contributed by atoms with van der Waals surface area (Å²) in [5, 5.41) is 5.39. The molecule has 0 aromatic heterocycles. The number of amides is 3. The molecule has 1 fully saturated rings. The molecule has 0 radical (unpaired) electrons. The van der Waals surface area contributed by atoms with E-state index >= 15 is 0 Å². The number of ether oxygens (including phenoxy) is 5. The van der Waals surface area contributed by atoms with Crippen molar-refractivity contribution >= 4 is 46.7 Å². The first kappa shape index (κ1) is 37.9. The quantitative estimate of drug-likeness (QED) is 0.167. The van der Waals surface area contributed by atoms with E-state index in [0.717, 1.165) is 9.13 Å². The van der Waals surface area contributed by atoms with Crippen LogP contribution in [0.1, 0.15) is 66.0 Å². The summed E-state index contributed by atoms with van der Waals surface area (Å²) in [6.45, 7) is 12.6. The van der Waals surface area contributed by atoms with E-state index in [2.05, 4.69) is 33.2 Å². The van der Waals surface area contributed by atoms with E-state index in [0.29, 0.717) is 11.3 Å². The Balaban J connectivity index is 1.78. The first-order valence-electron chi connectivity index (χ1n) is 15.5. The molecular weight excluding hydrogens is 721 g/mol. The lowest BCUT2D eigenvalue weighted by Gasteiger charge is -2.29. The van der Waals surface area contributed by atoms with E-state index in [1.807, 2.05) is 62.4 Å². The molecule has 12 nitrogen and oxygen atoms in total. The van der Waals surface area contributed by atoms with Crippen molar-refractivity contribution in [3.63, 3.8) is 0 Å². The van der Waals surface area contributed by atoms with Crippen LogP contribution < -0.4 is 15.4 Å². The Morgan fingerprint density at radius 1 is 1.04 bits per heavy atom. The van der Waals surface area contributed by atoms with Crippen LogP contribution in [-0.4, -0.2) is 78.2 Å². The highest BCUT2D eigenvalue weighted by Crippen LogP contribution is 2.30. The minimum atomic E-state index is -1.15. The third-order valence-corrected chi connectivity index (χ3v) is 7.71. The maximum atomic E-state index is 13.8. The number of methoxy groups -OCH3 is 1. The van der Waals surface area contributed by atoms with Crippen LogP contribution in [0.4, 0.5) is 9.59 Å². The number of benzene rings is 2. The topological polar surface area (TPSA) is 142 Å². The summed E-state index contributed by atoms with van der Waals surface area (Å²) < 4.78 is 29.0. The van der Waals surface area contributed by atoms with E-state index in [-0.39, 0.29) is 32.1 Å². The zero-order valence-corrected chi connectivity index (χ0v) is 30.4. The third-order valence-electron chi connectivity index (χ3n) is 7.03. The van der Waals surface area contributed by atoms with Crippen LogP contribution in [0.5, 0.6) is 5.75 Å². The fraction of sp³-hybridized carbons (Fsp3) is 0.529. The van der Waals surface area contributed by atoms with Crippen LogP contribution in [0, 0.1) is 3.57 Å². The van der Waals surface area contributed by atoms with Crippen LogP contribution >= 0.6 is 22.6 Å². The molecule has 1 aliphatic heterocycles. The second-order valence-electron chi connectivity index (χ2n) is 13.0. The van der Waals surface area contributed by atoms with Gasteiger partial charge in [-0.25, -0.2) is 14.4 Å². The Morgan fingerprint density at radius 3 is 2.34 bits per heavy atom. The van der Waals surface area contributed by atoms with Gasteiger partial charge in [0.05, 0.1) is 25.9 Å². The van der Waals surface area contributed by atoms with Gasteiger partial charge in [-0.05, 0) is 100 Å². The Labute approximate surface area is 290 Å². The van der Waals surface area contributed by atoms with Gasteiger partial charge in [0.1, 0.15) is 35.8 Å². The zero-order valence-electron chi connectivity index (χ0n) is 28.3. The number of hydrogen-bond acceptors (Lipinski definition) is 9. The third kappa shape index (κ3) is 11.9. The minimum Gasteiger partial charge on any atom is -0.491 e. The molecule has 1 heterocycles. The summed E-state index contributed by atoms with van der Waals surface area (Å²) in [6.07, 6.45) is -2.10. The number of nitrogens with zero attached hydrogens (tertiary/aromatic N) is 1. The summed E-state index contributed by atoms with van der Waals surface area (Å²) >= 11 is 2.16. The molecule has 2 aromatic rings. The molecule has 0 saturated carbocycles. The van der Waals surface area contributed by atoms with Crippen molar-refractivity contribution in [1.82, 2.24) is 15.5 Å². The Morgan fingerprint density at radius 2 is 1.72 bits per heavy atom. The Bertz CT molecular complexity index is 1390. The number of rotatable bonds is 12. The van der Waals surface area contributed by atoms with Crippen LogP contribution in [0.25, 0.3) is 0 Å². The predicted molar refractivity (Wildman–Crippen MR) is 183 cm³/mol. The van der Waals surface area contributed by atoms with Gasteiger partial charge < -0.3 is 34.3 Å². The SMILES string of the molecule is COC(=O)[C@H](C[C@@H]1CN(C(=O)OCc2ccccc2)C(C)(C)O1)NC(=O)[C@H](Cc1cc(I)ccc1OC(C)C)NC(=O)OC(C)(C)C. The molecule has 0 spiro atoms. The molecule has 0 bridgehead atoms. The average Bonchev–Trinajstić information content (AvgIpc) is 3.28. The molecule has 2 N–H and O–H groups in total. The highest BCUT2D eigenvalue weighted by molar-refractivity contribution is 14.1. The van der Waals surface area contributed by atoms with Gasteiger partial charge in [0.15, 0.2) is 0 Å². The first-order chi connectivity index (χ1) is 22.0. The molecule has 258 valence electrons. The Kier molecular flexibility index (Phi) is 13.3. The fourth-order valence-electron chi connectivity index (χ4n) is 4.99. The number of esters is 1. The second kappa shape index (κ2) is 16.5. The Hall–Kier alpha value is -3.59. The molecule has 3 rings (SSSR count). The van der Waals surface area contributed by atoms with Crippen molar-refractivity contribution in [2.45, 2.75) is 104 Å². The maximum Gasteiger partial charge on any atom is 0.412 e. The smallest absolute Gasteiger partial charge is 0.412 e. The van der Waals surface area contributed by atoms with Crippen molar-refractivity contribution in [2.75, 3.05) is 13.7 Å². The van der Waals surface area contributed by atoms with Crippen molar-refractivity contribution in [3.8, 4) is 5.75 Å². The number of hydrogen-bond donors (Lipinski definition) is 2. The van der Waals surface area contributed by atoms with Gasteiger partial charge in [-0.1, -0.05) is 30.3 Å². The van der Waals surface area contributed by atoms with Gasteiger partial charge in [-0.3, -0.25) is 9.69 Å². The lowest BCUT2D eigenvalue weighted by atomic mass is 10.0. The van der Waals surface area contributed by atoms with E-state index in [1.165, 1.54) is 12.0 Å². The van der Waals surface area contributed by atoms with Crippen molar-refractivity contribution in [1.29, 1.82) is 0 Å². The van der Waals surface area contributed by atoms with Gasteiger partial charge in [-0.2, -0.15) is 0 Å². The molecule has 47 heavy (non-hydrogen) atoms. The van der Waals surface area contributed by atoms with Gasteiger partial charge in [0.2, 0.25) is 5.91 Å². The number of halogens is 1. The van der Waals surface area contributed by atoms with Crippen molar-refractivity contribution in [2.24, 2.45) is 0 Å².